The number of rotatable bonds is 5. The number of aromatic nitrogens is 1. The fourth-order valence-electron chi connectivity index (χ4n) is 1.58. The van der Waals surface area contributed by atoms with Crippen LogP contribution in [0.1, 0.15) is 17.2 Å². The summed E-state index contributed by atoms with van der Waals surface area (Å²) in [5, 5.41) is 3.16. The van der Waals surface area contributed by atoms with Gasteiger partial charge in [-0.15, -0.1) is 0 Å². The molecule has 1 unspecified atom stereocenters. The van der Waals surface area contributed by atoms with Crippen LogP contribution in [-0.2, 0) is 9.47 Å². The molecule has 0 amide bonds. The Hall–Kier alpha value is -0.970. The molecule has 0 saturated carbocycles. The SMILES string of the molecule is CNC(c1cncc(C)c1)C(OC)OC. The van der Waals surface area contributed by atoms with Gasteiger partial charge in [0.05, 0.1) is 6.04 Å². The zero-order valence-corrected chi connectivity index (χ0v) is 9.65. The average Bonchev–Trinajstić information content (AvgIpc) is 2.25. The molecule has 1 aromatic rings. The second kappa shape index (κ2) is 5.80. The molecule has 0 fully saturated rings. The summed E-state index contributed by atoms with van der Waals surface area (Å²) < 4.78 is 10.5. The molecule has 0 bridgehead atoms. The molecule has 1 rings (SSSR count). The van der Waals surface area contributed by atoms with Crippen LogP contribution in [-0.4, -0.2) is 32.5 Å². The number of hydrogen-bond acceptors (Lipinski definition) is 4. The molecule has 0 saturated heterocycles. The monoisotopic (exact) mass is 210 g/mol. The molecule has 0 aliphatic heterocycles. The molecule has 4 nitrogen and oxygen atoms in total. The van der Waals surface area contributed by atoms with Gasteiger partial charge in [0.1, 0.15) is 0 Å². The van der Waals surface area contributed by atoms with E-state index >= 15 is 0 Å². The van der Waals surface area contributed by atoms with Gasteiger partial charge in [0.15, 0.2) is 6.29 Å². The van der Waals surface area contributed by atoms with Gasteiger partial charge in [-0.1, -0.05) is 6.07 Å². The van der Waals surface area contributed by atoms with Crippen LogP contribution in [0, 0.1) is 6.92 Å². The first-order chi connectivity index (χ1) is 7.22. The molecule has 0 aliphatic rings. The number of hydrogen-bond donors (Lipinski definition) is 1. The smallest absolute Gasteiger partial charge is 0.176 e. The minimum Gasteiger partial charge on any atom is -0.354 e. The van der Waals surface area contributed by atoms with Crippen LogP contribution < -0.4 is 5.32 Å². The van der Waals surface area contributed by atoms with Gasteiger partial charge in [0, 0.05) is 26.6 Å². The predicted octanol–water partition coefficient (Wildman–Crippen LogP) is 1.27. The highest BCUT2D eigenvalue weighted by Gasteiger charge is 2.21. The van der Waals surface area contributed by atoms with Gasteiger partial charge < -0.3 is 14.8 Å². The largest absolute Gasteiger partial charge is 0.354 e. The lowest BCUT2D eigenvalue weighted by atomic mass is 10.1. The lowest BCUT2D eigenvalue weighted by molar-refractivity contribution is -0.123. The van der Waals surface area contributed by atoms with E-state index in [2.05, 4.69) is 16.4 Å². The van der Waals surface area contributed by atoms with Gasteiger partial charge in [-0.25, -0.2) is 0 Å². The van der Waals surface area contributed by atoms with E-state index in [1.165, 1.54) is 0 Å². The first-order valence-corrected chi connectivity index (χ1v) is 4.87. The average molecular weight is 210 g/mol. The molecule has 4 heteroatoms. The van der Waals surface area contributed by atoms with Crippen molar-refractivity contribution in [3.05, 3.63) is 29.6 Å². The summed E-state index contributed by atoms with van der Waals surface area (Å²) in [5.41, 5.74) is 2.19. The summed E-state index contributed by atoms with van der Waals surface area (Å²) in [6.07, 6.45) is 3.34. The van der Waals surface area contributed by atoms with Crippen LogP contribution in [0.4, 0.5) is 0 Å². The van der Waals surface area contributed by atoms with Gasteiger partial charge in [-0.3, -0.25) is 4.98 Å². The van der Waals surface area contributed by atoms with Crippen LogP contribution in [0.2, 0.25) is 0 Å². The first kappa shape index (κ1) is 12.1. The molecule has 0 aliphatic carbocycles. The van der Waals surface area contributed by atoms with Gasteiger partial charge in [-0.2, -0.15) is 0 Å². The Labute approximate surface area is 90.6 Å². The Morgan fingerprint density at radius 3 is 2.40 bits per heavy atom. The Morgan fingerprint density at radius 2 is 1.93 bits per heavy atom. The Bertz CT molecular complexity index is 300. The normalized spacial score (nSPS) is 13.1. The maximum Gasteiger partial charge on any atom is 0.176 e. The van der Waals surface area contributed by atoms with Crippen LogP contribution >= 0.6 is 0 Å². The number of nitrogens with zero attached hydrogens (tertiary/aromatic N) is 1. The second-order valence-corrected chi connectivity index (χ2v) is 3.40. The molecular formula is C11H18N2O2. The van der Waals surface area contributed by atoms with E-state index in [0.29, 0.717) is 0 Å². The van der Waals surface area contributed by atoms with Crippen molar-refractivity contribution >= 4 is 0 Å². The summed E-state index contributed by atoms with van der Waals surface area (Å²) in [7, 11) is 5.13. The molecule has 15 heavy (non-hydrogen) atoms. The van der Waals surface area contributed by atoms with Crippen molar-refractivity contribution in [2.24, 2.45) is 0 Å². The summed E-state index contributed by atoms with van der Waals surface area (Å²) >= 11 is 0. The van der Waals surface area contributed by atoms with Gasteiger partial charge in [0.2, 0.25) is 0 Å². The Balaban J connectivity index is 2.90. The quantitative estimate of drug-likeness (QED) is 0.743. The summed E-state index contributed by atoms with van der Waals surface area (Å²) in [4.78, 5) is 4.15. The number of pyridine rings is 1. The van der Waals surface area contributed by atoms with Crippen molar-refractivity contribution in [3.8, 4) is 0 Å². The van der Waals surface area contributed by atoms with E-state index in [1.54, 1.807) is 14.2 Å². The number of likely N-dealkylation sites (N-methyl/N-ethyl adjacent to an activating group) is 1. The maximum atomic E-state index is 5.23. The van der Waals surface area contributed by atoms with Crippen molar-refractivity contribution in [1.29, 1.82) is 0 Å². The highest BCUT2D eigenvalue weighted by Crippen LogP contribution is 2.19. The molecule has 1 atom stereocenters. The van der Waals surface area contributed by atoms with Crippen molar-refractivity contribution in [2.75, 3.05) is 21.3 Å². The van der Waals surface area contributed by atoms with Crippen LogP contribution in [0.5, 0.6) is 0 Å². The fraction of sp³-hybridized carbons (Fsp3) is 0.545. The van der Waals surface area contributed by atoms with Gasteiger partial charge in [0.25, 0.3) is 0 Å². The number of ether oxygens (including phenoxy) is 2. The van der Waals surface area contributed by atoms with E-state index in [1.807, 2.05) is 26.4 Å². The predicted molar refractivity (Wildman–Crippen MR) is 58.6 cm³/mol. The summed E-state index contributed by atoms with van der Waals surface area (Å²) in [6.45, 7) is 2.01. The third-order valence-corrected chi connectivity index (χ3v) is 2.30. The Kier molecular flexibility index (Phi) is 4.68. The van der Waals surface area contributed by atoms with Crippen LogP contribution in [0.15, 0.2) is 18.5 Å². The molecule has 0 aromatic carbocycles. The van der Waals surface area contributed by atoms with E-state index in [9.17, 15) is 0 Å². The van der Waals surface area contributed by atoms with Crippen LogP contribution in [0.25, 0.3) is 0 Å². The number of methoxy groups -OCH3 is 2. The third kappa shape index (κ3) is 2.99. The molecule has 0 radical (unpaired) electrons. The Morgan fingerprint density at radius 1 is 1.27 bits per heavy atom. The minimum atomic E-state index is -0.307. The van der Waals surface area contributed by atoms with E-state index in [-0.39, 0.29) is 12.3 Å². The van der Waals surface area contributed by atoms with Gasteiger partial charge in [-0.05, 0) is 25.1 Å². The van der Waals surface area contributed by atoms with Crippen LogP contribution in [0.3, 0.4) is 0 Å². The molecular weight excluding hydrogens is 192 g/mol. The molecule has 1 heterocycles. The number of aryl methyl sites for hydroxylation is 1. The minimum absolute atomic E-state index is 0.00704. The topological polar surface area (TPSA) is 43.4 Å². The van der Waals surface area contributed by atoms with E-state index < -0.39 is 0 Å². The van der Waals surface area contributed by atoms with Gasteiger partial charge >= 0.3 is 0 Å². The number of nitrogens with one attached hydrogen (secondary N) is 1. The first-order valence-electron chi connectivity index (χ1n) is 4.87. The van der Waals surface area contributed by atoms with Crippen molar-refractivity contribution in [1.82, 2.24) is 10.3 Å². The molecule has 0 spiro atoms. The zero-order valence-electron chi connectivity index (χ0n) is 9.65. The molecule has 84 valence electrons. The molecule has 1 N–H and O–H groups in total. The van der Waals surface area contributed by atoms with Crippen molar-refractivity contribution in [2.45, 2.75) is 19.3 Å². The molecule has 1 aromatic heterocycles. The third-order valence-electron chi connectivity index (χ3n) is 2.30. The summed E-state index contributed by atoms with van der Waals surface area (Å²) in [5.74, 6) is 0. The van der Waals surface area contributed by atoms with Crippen molar-refractivity contribution in [3.63, 3.8) is 0 Å². The standard InChI is InChI=1S/C11H18N2O2/c1-8-5-9(7-13-6-8)10(12-2)11(14-3)15-4/h5-7,10-12H,1-4H3. The lowest BCUT2D eigenvalue weighted by Crippen LogP contribution is -2.32. The second-order valence-electron chi connectivity index (χ2n) is 3.40. The van der Waals surface area contributed by atoms with E-state index in [4.69, 9.17) is 9.47 Å². The van der Waals surface area contributed by atoms with Crippen molar-refractivity contribution < 1.29 is 9.47 Å². The fourth-order valence-corrected chi connectivity index (χ4v) is 1.58. The highest BCUT2D eigenvalue weighted by atomic mass is 16.7. The maximum absolute atomic E-state index is 5.23. The van der Waals surface area contributed by atoms with E-state index in [0.717, 1.165) is 11.1 Å². The summed E-state index contributed by atoms with van der Waals surface area (Å²) in [6, 6.07) is 2.06. The highest BCUT2D eigenvalue weighted by molar-refractivity contribution is 5.20. The lowest BCUT2D eigenvalue weighted by Gasteiger charge is -2.24. The zero-order chi connectivity index (χ0) is 11.3.